The monoisotopic (exact) mass is 227 g/mol. The van der Waals surface area contributed by atoms with Crippen LogP contribution in [0.1, 0.15) is 10.4 Å². The normalized spacial score (nSPS) is 9.88. The van der Waals surface area contributed by atoms with E-state index in [0.717, 1.165) is 5.56 Å². The molecule has 0 fully saturated rings. The molecule has 0 aliphatic carbocycles. The van der Waals surface area contributed by atoms with Crippen molar-refractivity contribution in [1.82, 2.24) is 0 Å². The zero-order chi connectivity index (χ0) is 12.3. The Morgan fingerprint density at radius 1 is 1.00 bits per heavy atom. The van der Waals surface area contributed by atoms with Crippen LogP contribution >= 0.6 is 0 Å². The van der Waals surface area contributed by atoms with Crippen molar-refractivity contribution in [2.45, 2.75) is 0 Å². The van der Waals surface area contributed by atoms with Gasteiger partial charge in [-0.1, -0.05) is 30.3 Å². The molecule has 2 rings (SSSR count). The van der Waals surface area contributed by atoms with Crippen molar-refractivity contribution >= 4 is 12.0 Å². The van der Waals surface area contributed by atoms with Gasteiger partial charge >= 0.3 is 0 Å². The number of nitro benzene ring substituents is 1. The van der Waals surface area contributed by atoms with E-state index in [1.54, 1.807) is 6.07 Å². The fourth-order valence-corrected chi connectivity index (χ4v) is 1.61. The summed E-state index contributed by atoms with van der Waals surface area (Å²) in [5.74, 6) is 0. The highest BCUT2D eigenvalue weighted by Gasteiger charge is 2.10. The Labute approximate surface area is 97.7 Å². The van der Waals surface area contributed by atoms with Crippen LogP contribution in [0.4, 0.5) is 5.69 Å². The number of non-ortho nitro benzene ring substituents is 1. The summed E-state index contributed by atoms with van der Waals surface area (Å²) >= 11 is 0. The van der Waals surface area contributed by atoms with Crippen LogP contribution in [0.5, 0.6) is 0 Å². The topological polar surface area (TPSA) is 60.2 Å². The van der Waals surface area contributed by atoms with Gasteiger partial charge in [0.1, 0.15) is 6.29 Å². The van der Waals surface area contributed by atoms with Crippen molar-refractivity contribution in [3.05, 3.63) is 64.2 Å². The Hall–Kier alpha value is -2.49. The first-order chi connectivity index (χ1) is 8.20. The predicted molar refractivity (Wildman–Crippen MR) is 63.9 cm³/mol. The molecule has 0 aliphatic heterocycles. The van der Waals surface area contributed by atoms with Crippen molar-refractivity contribution in [1.29, 1.82) is 0 Å². The van der Waals surface area contributed by atoms with E-state index in [1.807, 2.05) is 30.3 Å². The lowest BCUT2D eigenvalue weighted by Crippen LogP contribution is -1.91. The van der Waals surface area contributed by atoms with Crippen LogP contribution in [0.3, 0.4) is 0 Å². The smallest absolute Gasteiger partial charge is 0.270 e. The molecule has 0 saturated carbocycles. The second kappa shape index (κ2) is 4.57. The molecule has 0 heterocycles. The van der Waals surface area contributed by atoms with Crippen LogP contribution in [0.15, 0.2) is 48.5 Å². The molecule has 0 saturated heterocycles. The maximum Gasteiger partial charge on any atom is 0.270 e. The van der Waals surface area contributed by atoms with Crippen LogP contribution in [0, 0.1) is 10.1 Å². The summed E-state index contributed by atoms with van der Waals surface area (Å²) in [7, 11) is 0. The van der Waals surface area contributed by atoms with E-state index in [2.05, 4.69) is 0 Å². The highest BCUT2D eigenvalue weighted by Crippen LogP contribution is 2.25. The molecule has 84 valence electrons. The van der Waals surface area contributed by atoms with Crippen molar-refractivity contribution < 1.29 is 9.72 Å². The van der Waals surface area contributed by atoms with Crippen LogP contribution in [0.25, 0.3) is 11.1 Å². The number of carbonyl (C=O) groups is 1. The van der Waals surface area contributed by atoms with Crippen molar-refractivity contribution in [2.24, 2.45) is 0 Å². The van der Waals surface area contributed by atoms with E-state index in [1.165, 1.54) is 12.1 Å². The number of rotatable bonds is 3. The molecule has 4 nitrogen and oxygen atoms in total. The Balaban J connectivity index is 2.58. The molecule has 0 amide bonds. The molecule has 0 bridgehead atoms. The van der Waals surface area contributed by atoms with Gasteiger partial charge in [-0.05, 0) is 17.2 Å². The van der Waals surface area contributed by atoms with Gasteiger partial charge in [-0.25, -0.2) is 0 Å². The van der Waals surface area contributed by atoms with Gasteiger partial charge in [0.25, 0.3) is 5.69 Å². The minimum atomic E-state index is -0.501. The fourth-order valence-electron chi connectivity index (χ4n) is 1.61. The third kappa shape index (κ3) is 2.36. The largest absolute Gasteiger partial charge is 0.298 e. The lowest BCUT2D eigenvalue weighted by molar-refractivity contribution is -0.384. The van der Waals surface area contributed by atoms with Crippen molar-refractivity contribution in [3.63, 3.8) is 0 Å². The average molecular weight is 227 g/mol. The molecule has 0 radical (unpaired) electrons. The number of aldehydes is 1. The molecular weight excluding hydrogens is 218 g/mol. The minimum absolute atomic E-state index is 0.0755. The van der Waals surface area contributed by atoms with Gasteiger partial charge in [0.2, 0.25) is 0 Å². The molecule has 2 aromatic rings. The standard InChI is InChI=1S/C13H9NO3/c15-9-10-6-12(8-13(7-10)14(16)17)11-4-2-1-3-5-11/h1-9H. The van der Waals surface area contributed by atoms with E-state index < -0.39 is 4.92 Å². The summed E-state index contributed by atoms with van der Waals surface area (Å²) in [4.78, 5) is 21.0. The minimum Gasteiger partial charge on any atom is -0.298 e. The Morgan fingerprint density at radius 3 is 2.29 bits per heavy atom. The van der Waals surface area contributed by atoms with Crippen molar-refractivity contribution in [2.75, 3.05) is 0 Å². The number of hydrogen-bond donors (Lipinski definition) is 0. The SMILES string of the molecule is O=Cc1cc(-c2ccccc2)cc([N+](=O)[O-])c1. The van der Waals surface area contributed by atoms with Gasteiger partial charge in [0.05, 0.1) is 4.92 Å². The average Bonchev–Trinajstić information content (AvgIpc) is 2.39. The molecule has 0 atom stereocenters. The zero-order valence-corrected chi connectivity index (χ0v) is 8.87. The molecule has 0 spiro atoms. The molecule has 0 unspecified atom stereocenters. The molecule has 17 heavy (non-hydrogen) atoms. The Morgan fingerprint density at radius 2 is 1.71 bits per heavy atom. The first-order valence-corrected chi connectivity index (χ1v) is 5.01. The lowest BCUT2D eigenvalue weighted by Gasteiger charge is -2.02. The fraction of sp³-hybridized carbons (Fsp3) is 0. The molecule has 0 aliphatic rings. The maximum absolute atomic E-state index is 10.7. The number of hydrogen-bond acceptors (Lipinski definition) is 3. The number of benzene rings is 2. The van der Waals surface area contributed by atoms with Gasteiger partial charge in [-0.3, -0.25) is 14.9 Å². The molecular formula is C13H9NO3. The second-order valence-corrected chi connectivity index (χ2v) is 3.55. The van der Waals surface area contributed by atoms with E-state index in [0.29, 0.717) is 17.4 Å². The van der Waals surface area contributed by atoms with Gasteiger partial charge in [0.15, 0.2) is 0 Å². The van der Waals surface area contributed by atoms with Crippen LogP contribution in [-0.4, -0.2) is 11.2 Å². The summed E-state index contributed by atoms with van der Waals surface area (Å²) in [5, 5.41) is 10.7. The highest BCUT2D eigenvalue weighted by atomic mass is 16.6. The van der Waals surface area contributed by atoms with Crippen LogP contribution < -0.4 is 0 Å². The third-order valence-corrected chi connectivity index (χ3v) is 2.39. The molecule has 0 N–H and O–H groups in total. The van der Waals surface area contributed by atoms with E-state index >= 15 is 0 Å². The molecule has 0 aromatic heterocycles. The van der Waals surface area contributed by atoms with Crippen LogP contribution in [-0.2, 0) is 0 Å². The Bertz CT molecular complexity index is 564. The van der Waals surface area contributed by atoms with Gasteiger partial charge < -0.3 is 0 Å². The highest BCUT2D eigenvalue weighted by molar-refractivity contribution is 5.81. The molecule has 2 aromatic carbocycles. The maximum atomic E-state index is 10.7. The second-order valence-electron chi connectivity index (χ2n) is 3.55. The predicted octanol–water partition coefficient (Wildman–Crippen LogP) is 3.07. The van der Waals surface area contributed by atoms with E-state index in [4.69, 9.17) is 0 Å². The first-order valence-electron chi connectivity index (χ1n) is 5.01. The quantitative estimate of drug-likeness (QED) is 0.460. The summed E-state index contributed by atoms with van der Waals surface area (Å²) < 4.78 is 0. The summed E-state index contributed by atoms with van der Waals surface area (Å²) in [6.07, 6.45) is 0.611. The summed E-state index contributed by atoms with van der Waals surface area (Å²) in [6, 6.07) is 13.6. The number of nitrogens with zero attached hydrogens (tertiary/aromatic N) is 1. The van der Waals surface area contributed by atoms with Gasteiger partial charge in [-0.15, -0.1) is 0 Å². The lowest BCUT2D eigenvalue weighted by atomic mass is 10.0. The number of carbonyl (C=O) groups excluding carboxylic acids is 1. The van der Waals surface area contributed by atoms with Gasteiger partial charge in [-0.2, -0.15) is 0 Å². The first kappa shape index (κ1) is 11.0. The van der Waals surface area contributed by atoms with E-state index in [9.17, 15) is 14.9 Å². The number of nitro groups is 1. The van der Waals surface area contributed by atoms with E-state index in [-0.39, 0.29) is 5.69 Å². The summed E-state index contributed by atoms with van der Waals surface area (Å²) in [5.41, 5.74) is 1.74. The van der Waals surface area contributed by atoms with Gasteiger partial charge in [0, 0.05) is 17.7 Å². The Kier molecular flexibility index (Phi) is 2.96. The van der Waals surface area contributed by atoms with Crippen LogP contribution in [0.2, 0.25) is 0 Å². The van der Waals surface area contributed by atoms with Crippen molar-refractivity contribution in [3.8, 4) is 11.1 Å². The summed E-state index contributed by atoms with van der Waals surface area (Å²) in [6.45, 7) is 0. The molecule has 4 heteroatoms. The third-order valence-electron chi connectivity index (χ3n) is 2.39. The zero-order valence-electron chi connectivity index (χ0n) is 8.87.